The number of carbonyl (C=O) groups is 2. The highest BCUT2D eigenvalue weighted by atomic mass is 32.2. The van der Waals surface area contributed by atoms with E-state index in [9.17, 15) is 14.7 Å². The molecular formula is C10H16O3S. The van der Waals surface area contributed by atoms with Gasteiger partial charge in [0.05, 0.1) is 5.41 Å². The van der Waals surface area contributed by atoms with Gasteiger partial charge in [-0.15, -0.1) is 0 Å². The van der Waals surface area contributed by atoms with Crippen LogP contribution in [0.1, 0.15) is 39.0 Å². The second-order valence-corrected chi connectivity index (χ2v) is 5.08. The molecule has 0 spiro atoms. The van der Waals surface area contributed by atoms with Crippen molar-refractivity contribution in [3.63, 3.8) is 0 Å². The number of rotatable bonds is 3. The third kappa shape index (κ3) is 2.74. The van der Waals surface area contributed by atoms with Gasteiger partial charge in [0.15, 0.2) is 5.12 Å². The maximum atomic E-state index is 11.2. The average Bonchev–Trinajstić information content (AvgIpc) is 2.16. The van der Waals surface area contributed by atoms with Crippen LogP contribution < -0.4 is 0 Å². The Hall–Kier alpha value is -0.510. The van der Waals surface area contributed by atoms with Crippen molar-refractivity contribution in [1.29, 1.82) is 0 Å². The lowest BCUT2D eigenvalue weighted by atomic mass is 9.76. The van der Waals surface area contributed by atoms with Crippen LogP contribution in [0.15, 0.2) is 0 Å². The standard InChI is InChI=1S/C10H16O3S/c1-8(11)14-7-10(9(12)13)5-3-2-4-6-10/h2-7H2,1H3,(H,12,13). The van der Waals surface area contributed by atoms with Gasteiger partial charge >= 0.3 is 5.97 Å². The summed E-state index contributed by atoms with van der Waals surface area (Å²) in [6.07, 6.45) is 4.53. The van der Waals surface area contributed by atoms with Gasteiger partial charge in [-0.05, 0) is 12.8 Å². The topological polar surface area (TPSA) is 54.4 Å². The molecule has 1 saturated carbocycles. The molecular weight excluding hydrogens is 200 g/mol. The van der Waals surface area contributed by atoms with Gasteiger partial charge in [0, 0.05) is 12.7 Å². The Kier molecular flexibility index (Phi) is 3.98. The second kappa shape index (κ2) is 4.82. The Morgan fingerprint density at radius 3 is 2.29 bits per heavy atom. The first-order chi connectivity index (χ1) is 6.57. The number of carboxylic acid groups (broad SMARTS) is 1. The molecule has 0 saturated heterocycles. The summed E-state index contributed by atoms with van der Waals surface area (Å²) in [5.41, 5.74) is -0.630. The zero-order valence-electron chi connectivity index (χ0n) is 8.41. The number of hydrogen-bond acceptors (Lipinski definition) is 3. The molecule has 1 fully saturated rings. The molecule has 3 nitrogen and oxygen atoms in total. The lowest BCUT2D eigenvalue weighted by Gasteiger charge is -2.32. The molecule has 1 rings (SSSR count). The second-order valence-electron chi connectivity index (χ2n) is 3.93. The fourth-order valence-corrected chi connectivity index (χ4v) is 2.78. The molecule has 14 heavy (non-hydrogen) atoms. The van der Waals surface area contributed by atoms with E-state index in [0.29, 0.717) is 5.75 Å². The predicted molar refractivity (Wildman–Crippen MR) is 56.3 cm³/mol. The average molecular weight is 216 g/mol. The lowest BCUT2D eigenvalue weighted by molar-refractivity contribution is -0.149. The number of hydrogen-bond donors (Lipinski definition) is 1. The first-order valence-electron chi connectivity index (χ1n) is 4.94. The van der Waals surface area contributed by atoms with Crippen LogP contribution in [0.5, 0.6) is 0 Å². The van der Waals surface area contributed by atoms with E-state index in [1.807, 2.05) is 0 Å². The third-order valence-corrected chi connectivity index (χ3v) is 3.92. The van der Waals surface area contributed by atoms with Crippen LogP contribution in [0, 0.1) is 5.41 Å². The van der Waals surface area contributed by atoms with Crippen LogP contribution in [-0.2, 0) is 9.59 Å². The minimum Gasteiger partial charge on any atom is -0.481 e. The summed E-state index contributed by atoms with van der Waals surface area (Å²) in [4.78, 5) is 22.0. The minimum absolute atomic E-state index is 0.0104. The van der Waals surface area contributed by atoms with Crippen LogP contribution >= 0.6 is 11.8 Å². The molecule has 1 N–H and O–H groups in total. The zero-order chi connectivity index (χ0) is 10.6. The highest BCUT2D eigenvalue weighted by Crippen LogP contribution is 2.39. The van der Waals surface area contributed by atoms with Crippen molar-refractivity contribution in [3.05, 3.63) is 0 Å². The summed E-state index contributed by atoms with van der Waals surface area (Å²) in [6, 6.07) is 0. The predicted octanol–water partition coefficient (Wildman–Crippen LogP) is 2.30. The molecule has 1 aliphatic carbocycles. The number of carbonyl (C=O) groups excluding carboxylic acids is 1. The van der Waals surface area contributed by atoms with Crippen molar-refractivity contribution in [2.24, 2.45) is 5.41 Å². The quantitative estimate of drug-likeness (QED) is 0.786. The SMILES string of the molecule is CC(=O)SCC1(C(=O)O)CCCCC1. The molecule has 0 amide bonds. The number of aliphatic carboxylic acids is 1. The summed E-state index contributed by atoms with van der Waals surface area (Å²) in [7, 11) is 0. The van der Waals surface area contributed by atoms with E-state index in [2.05, 4.69) is 0 Å². The van der Waals surface area contributed by atoms with Crippen molar-refractivity contribution >= 4 is 22.8 Å². The van der Waals surface area contributed by atoms with Crippen molar-refractivity contribution in [2.75, 3.05) is 5.75 Å². The third-order valence-electron chi connectivity index (χ3n) is 2.82. The van der Waals surface area contributed by atoms with Crippen LogP contribution in [0.2, 0.25) is 0 Å². The fourth-order valence-electron chi connectivity index (χ4n) is 1.89. The maximum absolute atomic E-state index is 11.2. The van der Waals surface area contributed by atoms with E-state index in [1.165, 1.54) is 6.92 Å². The monoisotopic (exact) mass is 216 g/mol. The Bertz CT molecular complexity index is 232. The highest BCUT2D eigenvalue weighted by molar-refractivity contribution is 8.13. The molecule has 0 aromatic rings. The van der Waals surface area contributed by atoms with Gasteiger partial charge in [0.2, 0.25) is 0 Å². The fraction of sp³-hybridized carbons (Fsp3) is 0.800. The van der Waals surface area contributed by atoms with Gasteiger partial charge in [-0.25, -0.2) is 0 Å². The highest BCUT2D eigenvalue weighted by Gasteiger charge is 2.39. The summed E-state index contributed by atoms with van der Waals surface area (Å²) >= 11 is 1.15. The Labute approximate surface area is 88.3 Å². The van der Waals surface area contributed by atoms with E-state index >= 15 is 0 Å². The molecule has 80 valence electrons. The van der Waals surface area contributed by atoms with E-state index in [0.717, 1.165) is 43.9 Å². The minimum atomic E-state index is -0.731. The van der Waals surface area contributed by atoms with E-state index in [1.54, 1.807) is 0 Å². The summed E-state index contributed by atoms with van der Waals surface area (Å²) in [5, 5.41) is 9.19. The molecule has 0 bridgehead atoms. The van der Waals surface area contributed by atoms with Crippen LogP contribution in [0.25, 0.3) is 0 Å². The van der Waals surface area contributed by atoms with E-state index in [4.69, 9.17) is 0 Å². The van der Waals surface area contributed by atoms with Gasteiger partial charge in [-0.3, -0.25) is 9.59 Å². The summed E-state index contributed by atoms with van der Waals surface area (Å²) < 4.78 is 0. The smallest absolute Gasteiger partial charge is 0.310 e. The number of carboxylic acids is 1. The first kappa shape index (κ1) is 11.6. The molecule has 0 unspecified atom stereocenters. The first-order valence-corrected chi connectivity index (χ1v) is 5.92. The van der Waals surface area contributed by atoms with Gasteiger partial charge in [-0.1, -0.05) is 31.0 Å². The van der Waals surface area contributed by atoms with Crippen LogP contribution in [0.4, 0.5) is 0 Å². The largest absolute Gasteiger partial charge is 0.481 e. The molecule has 0 aliphatic heterocycles. The normalized spacial score (nSPS) is 20.4. The summed E-state index contributed by atoms with van der Waals surface area (Å²) in [5.74, 6) is -0.288. The maximum Gasteiger partial charge on any atom is 0.310 e. The molecule has 1 aliphatic rings. The lowest BCUT2D eigenvalue weighted by Crippen LogP contribution is -2.36. The Morgan fingerprint density at radius 2 is 1.86 bits per heavy atom. The van der Waals surface area contributed by atoms with Crippen molar-refractivity contribution in [2.45, 2.75) is 39.0 Å². The molecule has 0 atom stereocenters. The van der Waals surface area contributed by atoms with Crippen LogP contribution in [-0.4, -0.2) is 21.9 Å². The van der Waals surface area contributed by atoms with Gasteiger partial charge in [0.25, 0.3) is 0 Å². The van der Waals surface area contributed by atoms with Gasteiger partial charge in [-0.2, -0.15) is 0 Å². The van der Waals surface area contributed by atoms with E-state index in [-0.39, 0.29) is 5.12 Å². The van der Waals surface area contributed by atoms with Crippen LogP contribution in [0.3, 0.4) is 0 Å². The van der Waals surface area contributed by atoms with Gasteiger partial charge in [0.1, 0.15) is 0 Å². The molecule has 0 aromatic carbocycles. The zero-order valence-corrected chi connectivity index (χ0v) is 9.23. The molecule has 0 radical (unpaired) electrons. The number of thioether (sulfide) groups is 1. The van der Waals surface area contributed by atoms with Crippen molar-refractivity contribution in [1.82, 2.24) is 0 Å². The Balaban J connectivity index is 2.60. The summed E-state index contributed by atoms with van der Waals surface area (Å²) in [6.45, 7) is 1.49. The van der Waals surface area contributed by atoms with E-state index < -0.39 is 11.4 Å². The van der Waals surface area contributed by atoms with Gasteiger partial charge < -0.3 is 5.11 Å². The molecule has 0 aromatic heterocycles. The Morgan fingerprint density at radius 1 is 1.29 bits per heavy atom. The molecule has 0 heterocycles. The van der Waals surface area contributed by atoms with Crippen molar-refractivity contribution in [3.8, 4) is 0 Å². The molecule has 4 heteroatoms. The van der Waals surface area contributed by atoms with Crippen molar-refractivity contribution < 1.29 is 14.7 Å².